The average molecular weight is 198 g/mol. The Bertz CT molecular complexity index is 114. The van der Waals surface area contributed by atoms with Crippen LogP contribution in [0.5, 0.6) is 0 Å². The molecule has 0 aliphatic rings. The van der Waals surface area contributed by atoms with Gasteiger partial charge >= 0.3 is 6.18 Å². The minimum absolute atomic E-state index is 0.170. The molecule has 80 valence electrons. The van der Waals surface area contributed by atoms with Gasteiger partial charge < -0.3 is 10.6 Å². The molecule has 0 aromatic heterocycles. The van der Waals surface area contributed by atoms with Crippen LogP contribution in [0, 0.1) is 0 Å². The zero-order valence-corrected chi connectivity index (χ0v) is 7.88. The van der Waals surface area contributed by atoms with Crippen LogP contribution in [0.15, 0.2) is 0 Å². The smallest absolute Gasteiger partial charge is 0.320 e. The zero-order valence-electron chi connectivity index (χ0n) is 7.88. The monoisotopic (exact) mass is 198 g/mol. The molecule has 0 bridgehead atoms. The molecular weight excluding hydrogens is 181 g/mol. The number of nitrogens with one attached hydrogen (secondary N) is 2. The van der Waals surface area contributed by atoms with Crippen LogP contribution in [-0.4, -0.2) is 32.9 Å². The fourth-order valence-electron chi connectivity index (χ4n) is 0.929. The summed E-state index contributed by atoms with van der Waals surface area (Å²) in [5.41, 5.74) is 0. The van der Waals surface area contributed by atoms with Gasteiger partial charge in [-0.05, 0) is 39.5 Å². The molecule has 0 atom stereocenters. The maximum atomic E-state index is 11.6. The summed E-state index contributed by atoms with van der Waals surface area (Å²) < 4.78 is 34.9. The summed E-state index contributed by atoms with van der Waals surface area (Å²) in [6.07, 6.45) is -3.58. The molecule has 0 unspecified atom stereocenters. The van der Waals surface area contributed by atoms with Crippen molar-refractivity contribution in [2.45, 2.75) is 25.4 Å². The van der Waals surface area contributed by atoms with Crippen molar-refractivity contribution in [1.29, 1.82) is 0 Å². The minimum Gasteiger partial charge on any atom is -0.320 e. The first-order valence-corrected chi connectivity index (χ1v) is 4.48. The van der Waals surface area contributed by atoms with Crippen molar-refractivity contribution in [3.05, 3.63) is 0 Å². The Morgan fingerprint density at radius 2 is 1.62 bits per heavy atom. The lowest BCUT2D eigenvalue weighted by Crippen LogP contribution is -2.22. The number of halogens is 3. The van der Waals surface area contributed by atoms with Gasteiger partial charge in [0.2, 0.25) is 0 Å². The van der Waals surface area contributed by atoms with Gasteiger partial charge in [-0.25, -0.2) is 0 Å². The van der Waals surface area contributed by atoms with E-state index in [4.69, 9.17) is 0 Å². The van der Waals surface area contributed by atoms with Crippen LogP contribution in [0.2, 0.25) is 0 Å². The molecule has 0 fully saturated rings. The third-order valence-corrected chi connectivity index (χ3v) is 1.59. The maximum absolute atomic E-state index is 11.6. The van der Waals surface area contributed by atoms with E-state index in [2.05, 4.69) is 10.6 Å². The molecule has 0 saturated heterocycles. The predicted molar refractivity (Wildman–Crippen MR) is 46.7 cm³/mol. The lowest BCUT2D eigenvalue weighted by Gasteiger charge is -2.06. The molecule has 0 aliphatic carbocycles. The highest BCUT2D eigenvalue weighted by Crippen LogP contribution is 2.20. The van der Waals surface area contributed by atoms with Crippen molar-refractivity contribution in [1.82, 2.24) is 10.6 Å². The van der Waals surface area contributed by atoms with E-state index >= 15 is 0 Å². The van der Waals surface area contributed by atoms with E-state index in [-0.39, 0.29) is 6.42 Å². The van der Waals surface area contributed by atoms with Gasteiger partial charge in [0.15, 0.2) is 0 Å². The Balaban J connectivity index is 3.00. The van der Waals surface area contributed by atoms with Gasteiger partial charge in [-0.3, -0.25) is 0 Å². The van der Waals surface area contributed by atoms with E-state index in [1.54, 1.807) is 0 Å². The lowest BCUT2D eigenvalue weighted by atomic mass is 10.3. The first-order valence-electron chi connectivity index (χ1n) is 4.48. The highest BCUT2D eigenvalue weighted by atomic mass is 19.4. The summed E-state index contributed by atoms with van der Waals surface area (Å²) in [4.78, 5) is 0. The molecule has 0 aromatic rings. The van der Waals surface area contributed by atoms with Crippen molar-refractivity contribution in [3.8, 4) is 0 Å². The van der Waals surface area contributed by atoms with Crippen LogP contribution in [0.3, 0.4) is 0 Å². The van der Waals surface area contributed by atoms with E-state index in [0.717, 1.165) is 19.5 Å². The van der Waals surface area contributed by atoms with Crippen molar-refractivity contribution in [2.24, 2.45) is 0 Å². The second kappa shape index (κ2) is 7.15. The summed E-state index contributed by atoms with van der Waals surface area (Å²) >= 11 is 0. The molecule has 13 heavy (non-hydrogen) atoms. The Labute approximate surface area is 76.9 Å². The molecule has 0 heterocycles. The van der Waals surface area contributed by atoms with Gasteiger partial charge in [-0.2, -0.15) is 13.2 Å². The fraction of sp³-hybridized carbons (Fsp3) is 1.00. The maximum Gasteiger partial charge on any atom is 0.389 e. The van der Waals surface area contributed by atoms with E-state index < -0.39 is 12.6 Å². The van der Waals surface area contributed by atoms with E-state index in [0.29, 0.717) is 6.54 Å². The SMILES string of the molecule is CNCCCNCCCC(F)(F)F. The lowest BCUT2D eigenvalue weighted by molar-refractivity contribution is -0.135. The van der Waals surface area contributed by atoms with Gasteiger partial charge in [0, 0.05) is 6.42 Å². The Morgan fingerprint density at radius 3 is 2.15 bits per heavy atom. The molecule has 2 N–H and O–H groups in total. The van der Waals surface area contributed by atoms with Crippen LogP contribution in [0.1, 0.15) is 19.3 Å². The highest BCUT2D eigenvalue weighted by molar-refractivity contribution is 4.54. The van der Waals surface area contributed by atoms with Crippen LogP contribution in [0.4, 0.5) is 13.2 Å². The van der Waals surface area contributed by atoms with Gasteiger partial charge in [0.05, 0.1) is 0 Å². The molecule has 0 rings (SSSR count). The Hall–Kier alpha value is -0.290. The molecule has 0 aliphatic heterocycles. The first-order chi connectivity index (χ1) is 6.06. The van der Waals surface area contributed by atoms with Crippen LogP contribution in [0.25, 0.3) is 0 Å². The van der Waals surface area contributed by atoms with Crippen molar-refractivity contribution in [3.63, 3.8) is 0 Å². The van der Waals surface area contributed by atoms with Crippen molar-refractivity contribution < 1.29 is 13.2 Å². The molecule has 0 radical (unpaired) electrons. The van der Waals surface area contributed by atoms with E-state index in [9.17, 15) is 13.2 Å². The number of rotatable bonds is 7. The second-order valence-electron chi connectivity index (χ2n) is 2.93. The largest absolute Gasteiger partial charge is 0.389 e. The Morgan fingerprint density at radius 1 is 1.00 bits per heavy atom. The first kappa shape index (κ1) is 12.7. The third kappa shape index (κ3) is 11.7. The highest BCUT2D eigenvalue weighted by Gasteiger charge is 2.25. The third-order valence-electron chi connectivity index (χ3n) is 1.59. The second-order valence-corrected chi connectivity index (χ2v) is 2.93. The molecule has 0 spiro atoms. The van der Waals surface area contributed by atoms with Crippen LogP contribution < -0.4 is 10.6 Å². The summed E-state index contributed by atoms with van der Waals surface area (Å²) in [5.74, 6) is 0. The molecule has 5 heteroatoms. The average Bonchev–Trinajstić information content (AvgIpc) is 2.01. The van der Waals surface area contributed by atoms with Gasteiger partial charge in [-0.15, -0.1) is 0 Å². The van der Waals surface area contributed by atoms with Crippen molar-refractivity contribution in [2.75, 3.05) is 26.7 Å². The standard InChI is InChI=1S/C8H17F3N2/c1-12-5-3-7-13-6-2-4-8(9,10)11/h12-13H,2-7H2,1H3. The summed E-state index contributed by atoms with van der Waals surface area (Å²) in [6, 6.07) is 0. The molecule has 0 saturated carbocycles. The summed E-state index contributed by atoms with van der Waals surface area (Å²) in [7, 11) is 1.85. The van der Waals surface area contributed by atoms with E-state index in [1.807, 2.05) is 7.05 Å². The molecule has 0 aromatic carbocycles. The molecule has 0 amide bonds. The number of hydrogen-bond donors (Lipinski definition) is 2. The van der Waals surface area contributed by atoms with Crippen molar-refractivity contribution >= 4 is 0 Å². The number of alkyl halides is 3. The van der Waals surface area contributed by atoms with Crippen LogP contribution in [-0.2, 0) is 0 Å². The fourth-order valence-corrected chi connectivity index (χ4v) is 0.929. The summed E-state index contributed by atoms with van der Waals surface area (Å²) in [6.45, 7) is 2.12. The Kier molecular flexibility index (Phi) is 6.99. The quantitative estimate of drug-likeness (QED) is 0.606. The zero-order chi connectivity index (χ0) is 10.2. The van der Waals surface area contributed by atoms with Crippen LogP contribution >= 0.6 is 0 Å². The predicted octanol–water partition coefficient (Wildman–Crippen LogP) is 1.53. The van der Waals surface area contributed by atoms with Gasteiger partial charge in [0.1, 0.15) is 0 Å². The van der Waals surface area contributed by atoms with E-state index in [1.165, 1.54) is 0 Å². The topological polar surface area (TPSA) is 24.1 Å². The minimum atomic E-state index is -4.01. The molecule has 2 nitrogen and oxygen atoms in total. The van der Waals surface area contributed by atoms with Gasteiger partial charge in [-0.1, -0.05) is 0 Å². The summed E-state index contributed by atoms with van der Waals surface area (Å²) in [5, 5.41) is 5.92. The van der Waals surface area contributed by atoms with Gasteiger partial charge in [0.25, 0.3) is 0 Å². The molecular formula is C8H17F3N2. The number of hydrogen-bond acceptors (Lipinski definition) is 2. The normalized spacial score (nSPS) is 12.0.